The highest BCUT2D eigenvalue weighted by Gasteiger charge is 2.20. The van der Waals surface area contributed by atoms with Crippen LogP contribution < -0.4 is 5.32 Å². The quantitative estimate of drug-likeness (QED) is 0.779. The molecule has 118 valence electrons. The smallest absolute Gasteiger partial charge is 0.405 e. The molecule has 3 N–H and O–H groups in total. The molecular weight excluding hydrogens is 322 g/mol. The number of carbonyl (C=O) groups is 1. The number of nitrogens with one attached hydrogen (secondary N) is 1. The third-order valence-corrected chi connectivity index (χ3v) is 3.17. The average Bonchev–Trinajstić information content (AvgIpc) is 2.94. The number of nitrogens with zero attached hydrogens (tertiary/aromatic N) is 3. The summed E-state index contributed by atoms with van der Waals surface area (Å²) >= 11 is 5.99. The Bertz CT molecular complexity index is 680. The van der Waals surface area contributed by atoms with Crippen molar-refractivity contribution in [2.75, 3.05) is 6.61 Å². The fourth-order valence-electron chi connectivity index (χ4n) is 1.88. The first-order chi connectivity index (χ1) is 10.4. The molecule has 1 amide bonds. The predicted octanol–water partition coefficient (Wildman–Crippen LogP) is 2.16. The van der Waals surface area contributed by atoms with Gasteiger partial charge in [-0.05, 0) is 17.7 Å². The number of aliphatic hydroxyl groups excluding tert-OH is 1. The Morgan fingerprint density at radius 2 is 2.18 bits per heavy atom. The van der Waals surface area contributed by atoms with Gasteiger partial charge in [0.15, 0.2) is 5.82 Å². The number of amides is 1. The zero-order chi connectivity index (χ0) is 16.3. The van der Waals surface area contributed by atoms with Gasteiger partial charge in [-0.15, -0.1) is 0 Å². The summed E-state index contributed by atoms with van der Waals surface area (Å²) in [4.78, 5) is 14.2. The van der Waals surface area contributed by atoms with Crippen molar-refractivity contribution in [1.82, 2.24) is 20.1 Å². The van der Waals surface area contributed by atoms with Crippen molar-refractivity contribution in [2.45, 2.75) is 12.5 Å². The molecule has 0 bridgehead atoms. The molecule has 2 rings (SSSR count). The van der Waals surface area contributed by atoms with Crippen molar-refractivity contribution in [3.05, 3.63) is 40.9 Å². The molecule has 22 heavy (non-hydrogen) atoms. The molecule has 0 radical (unpaired) electrons. The van der Waals surface area contributed by atoms with E-state index in [0.29, 0.717) is 5.56 Å². The molecule has 1 unspecified atom stereocenters. The maximum atomic E-state index is 12.9. The summed E-state index contributed by atoms with van der Waals surface area (Å²) in [5, 5.41) is 23.9. The van der Waals surface area contributed by atoms with Gasteiger partial charge in [0.1, 0.15) is 6.33 Å². The van der Waals surface area contributed by atoms with Gasteiger partial charge in [-0.1, -0.05) is 17.7 Å². The lowest BCUT2D eigenvalue weighted by atomic mass is 10.1. The fourth-order valence-corrected chi connectivity index (χ4v) is 2.07. The van der Waals surface area contributed by atoms with Crippen molar-refractivity contribution in [1.29, 1.82) is 0 Å². The molecule has 0 aliphatic carbocycles. The Morgan fingerprint density at radius 3 is 2.77 bits per heavy atom. The van der Waals surface area contributed by atoms with Crippen LogP contribution in [0, 0.1) is 0 Å². The van der Waals surface area contributed by atoms with E-state index < -0.39 is 31.0 Å². The Kier molecular flexibility index (Phi) is 4.88. The highest BCUT2D eigenvalue weighted by atomic mass is 35.5. The fraction of sp³-hybridized carbons (Fsp3) is 0.250. The minimum absolute atomic E-state index is 0.109. The molecule has 1 heterocycles. The maximum absolute atomic E-state index is 12.9. The Morgan fingerprint density at radius 1 is 1.45 bits per heavy atom. The van der Waals surface area contributed by atoms with Crippen LogP contribution in [0.25, 0.3) is 5.69 Å². The van der Waals surface area contributed by atoms with E-state index >= 15 is 0 Å². The number of rotatable bonds is 5. The zero-order valence-corrected chi connectivity index (χ0v) is 11.7. The summed E-state index contributed by atoms with van der Waals surface area (Å²) in [7, 11) is 0. The van der Waals surface area contributed by atoms with Gasteiger partial charge in [-0.25, -0.2) is 23.2 Å². The molecule has 0 aliphatic heterocycles. The van der Waals surface area contributed by atoms with Crippen LogP contribution in [0.2, 0.25) is 5.02 Å². The molecule has 1 atom stereocenters. The lowest BCUT2D eigenvalue weighted by Crippen LogP contribution is -2.29. The van der Waals surface area contributed by atoms with Crippen LogP contribution in [0.5, 0.6) is 0 Å². The van der Waals surface area contributed by atoms with Gasteiger partial charge in [0.05, 0.1) is 23.4 Å². The first-order valence-corrected chi connectivity index (χ1v) is 6.40. The van der Waals surface area contributed by atoms with E-state index in [-0.39, 0.29) is 10.7 Å². The van der Waals surface area contributed by atoms with Crippen molar-refractivity contribution in [2.24, 2.45) is 0 Å². The van der Waals surface area contributed by atoms with Crippen molar-refractivity contribution in [3.8, 4) is 5.69 Å². The average molecular weight is 333 g/mol. The summed E-state index contributed by atoms with van der Waals surface area (Å²) < 4.78 is 26.6. The first kappa shape index (κ1) is 16.1. The highest BCUT2D eigenvalue weighted by molar-refractivity contribution is 6.32. The summed E-state index contributed by atoms with van der Waals surface area (Å²) in [6.07, 6.45) is -3.22. The summed E-state index contributed by atoms with van der Waals surface area (Å²) in [5.74, 6) is -0.592. The standard InChI is InChI=1S/C12H11ClF2N4O3/c13-7-2-1-6(8(4-20)18-12(21)22)3-9(7)19-11(10(14)15)16-5-17-19/h1-3,5,8,10,18,20H,4H2,(H,21,22). The van der Waals surface area contributed by atoms with E-state index in [1.807, 2.05) is 0 Å². The van der Waals surface area contributed by atoms with E-state index in [1.165, 1.54) is 18.2 Å². The van der Waals surface area contributed by atoms with Crippen LogP contribution in [0.1, 0.15) is 23.9 Å². The van der Waals surface area contributed by atoms with Gasteiger partial charge in [0.25, 0.3) is 6.43 Å². The van der Waals surface area contributed by atoms with Gasteiger partial charge in [0, 0.05) is 0 Å². The van der Waals surface area contributed by atoms with Crippen molar-refractivity contribution in [3.63, 3.8) is 0 Å². The molecule has 10 heteroatoms. The minimum Gasteiger partial charge on any atom is -0.465 e. The number of aliphatic hydroxyl groups is 1. The molecule has 0 aliphatic rings. The highest BCUT2D eigenvalue weighted by Crippen LogP contribution is 2.27. The monoisotopic (exact) mass is 332 g/mol. The Labute approximate surface area is 128 Å². The van der Waals surface area contributed by atoms with Crippen molar-refractivity contribution >= 4 is 17.7 Å². The molecular formula is C12H11ClF2N4O3. The molecule has 0 saturated heterocycles. The van der Waals surface area contributed by atoms with Gasteiger partial charge in [0.2, 0.25) is 0 Å². The van der Waals surface area contributed by atoms with Crippen LogP contribution in [0.3, 0.4) is 0 Å². The maximum Gasteiger partial charge on any atom is 0.405 e. The topological polar surface area (TPSA) is 100 Å². The van der Waals surface area contributed by atoms with E-state index in [2.05, 4.69) is 15.4 Å². The number of aromatic nitrogens is 3. The van der Waals surface area contributed by atoms with Crippen LogP contribution in [0.4, 0.5) is 13.6 Å². The molecule has 0 saturated carbocycles. The Balaban J connectivity index is 2.46. The molecule has 0 fully saturated rings. The molecule has 0 spiro atoms. The molecule has 1 aromatic carbocycles. The second-order valence-corrected chi connectivity index (χ2v) is 4.63. The normalized spacial score (nSPS) is 12.4. The molecule has 2 aromatic rings. The van der Waals surface area contributed by atoms with Crippen molar-refractivity contribution < 1.29 is 23.8 Å². The number of hydrogen-bond acceptors (Lipinski definition) is 4. The third-order valence-electron chi connectivity index (χ3n) is 2.85. The second kappa shape index (κ2) is 6.67. The second-order valence-electron chi connectivity index (χ2n) is 4.23. The minimum atomic E-state index is -2.85. The van der Waals surface area contributed by atoms with E-state index in [0.717, 1.165) is 11.0 Å². The lowest BCUT2D eigenvalue weighted by molar-refractivity contribution is 0.137. The summed E-state index contributed by atoms with van der Waals surface area (Å²) in [6.45, 7) is -0.508. The predicted molar refractivity (Wildman–Crippen MR) is 72.3 cm³/mol. The number of halogens is 3. The lowest BCUT2D eigenvalue weighted by Gasteiger charge is -2.16. The van der Waals surface area contributed by atoms with Crippen LogP contribution in [0.15, 0.2) is 24.5 Å². The largest absolute Gasteiger partial charge is 0.465 e. The SMILES string of the molecule is O=C(O)NC(CO)c1ccc(Cl)c(-n2ncnc2C(F)F)c1. The van der Waals surface area contributed by atoms with Crippen LogP contribution in [-0.4, -0.2) is 37.7 Å². The molecule has 7 nitrogen and oxygen atoms in total. The van der Waals surface area contributed by atoms with Gasteiger partial charge < -0.3 is 15.5 Å². The number of carboxylic acid groups (broad SMARTS) is 1. The van der Waals surface area contributed by atoms with Gasteiger partial charge >= 0.3 is 6.09 Å². The van der Waals surface area contributed by atoms with Gasteiger partial charge in [-0.3, -0.25) is 0 Å². The number of alkyl halides is 2. The third kappa shape index (κ3) is 3.31. The van der Waals surface area contributed by atoms with Gasteiger partial charge in [-0.2, -0.15) is 5.10 Å². The zero-order valence-electron chi connectivity index (χ0n) is 10.9. The van der Waals surface area contributed by atoms with Crippen LogP contribution >= 0.6 is 11.6 Å². The van der Waals surface area contributed by atoms with Crippen LogP contribution in [-0.2, 0) is 0 Å². The van der Waals surface area contributed by atoms with E-state index in [1.54, 1.807) is 0 Å². The number of hydrogen-bond donors (Lipinski definition) is 3. The Hall–Kier alpha value is -2.26. The number of benzene rings is 1. The summed E-state index contributed by atoms with van der Waals surface area (Å²) in [5.41, 5.74) is 0.456. The van der Waals surface area contributed by atoms with E-state index in [9.17, 15) is 18.7 Å². The summed E-state index contributed by atoms with van der Waals surface area (Å²) in [6, 6.07) is 3.31. The van der Waals surface area contributed by atoms with E-state index in [4.69, 9.17) is 16.7 Å². The first-order valence-electron chi connectivity index (χ1n) is 6.02. The molecule has 1 aromatic heterocycles.